The van der Waals surface area contributed by atoms with Crippen LogP contribution in [0.5, 0.6) is 0 Å². The van der Waals surface area contributed by atoms with Crippen molar-refractivity contribution in [3.8, 4) is 0 Å². The number of rotatable bonds is 0. The first-order valence-electron chi connectivity index (χ1n) is 5.46. The third kappa shape index (κ3) is 50.6. The van der Waals surface area contributed by atoms with Crippen LogP contribution in [0.25, 0.3) is 0 Å². The Bertz CT molecular complexity index is 42.9. The summed E-state index contributed by atoms with van der Waals surface area (Å²) >= 11 is 0. The van der Waals surface area contributed by atoms with Crippen LogP contribution in [0.3, 0.4) is 0 Å². The summed E-state index contributed by atoms with van der Waals surface area (Å²) in [4.78, 5) is 0. The molecule has 0 aliphatic heterocycles. The van der Waals surface area contributed by atoms with Crippen molar-refractivity contribution < 1.29 is 0 Å². The summed E-state index contributed by atoms with van der Waals surface area (Å²) < 4.78 is 0. The fraction of sp³-hybridized carbons (Fsp3) is 1.00. The molecule has 0 aromatic heterocycles. The molecule has 0 N–H and O–H groups in total. The molecule has 0 saturated heterocycles. The second-order valence-corrected chi connectivity index (χ2v) is 4.88. The largest absolute Gasteiger partial charge is 0.0630 e. The Kier molecular flexibility index (Phi) is 13.3. The van der Waals surface area contributed by atoms with Crippen molar-refractivity contribution in [1.82, 2.24) is 0 Å². The molecule has 0 atom stereocenters. The molecule has 1 aliphatic carbocycles. The van der Waals surface area contributed by atoms with Gasteiger partial charge in [-0.2, -0.15) is 0 Å². The van der Waals surface area contributed by atoms with E-state index < -0.39 is 0 Å². The Morgan fingerprint density at radius 1 is 0.500 bits per heavy atom. The van der Waals surface area contributed by atoms with Gasteiger partial charge in [0, 0.05) is 0 Å². The van der Waals surface area contributed by atoms with Gasteiger partial charge < -0.3 is 0 Å². The summed E-state index contributed by atoms with van der Waals surface area (Å²) in [5.74, 6) is 1.67. The van der Waals surface area contributed by atoms with E-state index >= 15 is 0 Å². The number of hydrogen-bond donors (Lipinski definition) is 0. The van der Waals surface area contributed by atoms with Crippen LogP contribution in [0, 0.1) is 11.8 Å². The van der Waals surface area contributed by atoms with E-state index in [2.05, 4.69) is 41.5 Å². The Labute approximate surface area is 79.8 Å². The maximum atomic E-state index is 2.17. The van der Waals surface area contributed by atoms with Crippen molar-refractivity contribution in [3.05, 3.63) is 0 Å². The molecule has 0 amide bonds. The van der Waals surface area contributed by atoms with E-state index in [9.17, 15) is 0 Å². The molecule has 0 spiro atoms. The van der Waals surface area contributed by atoms with Crippen LogP contribution >= 0.6 is 0 Å². The molecular formula is C12H28. The lowest BCUT2D eigenvalue weighted by Gasteiger charge is -2.05. The van der Waals surface area contributed by atoms with Crippen LogP contribution in [0.15, 0.2) is 0 Å². The van der Waals surface area contributed by atoms with Gasteiger partial charge in [-0.15, -0.1) is 0 Å². The minimum atomic E-state index is 0.833. The highest BCUT2D eigenvalue weighted by molar-refractivity contribution is 4.50. The zero-order chi connectivity index (χ0) is 9.98. The van der Waals surface area contributed by atoms with E-state index in [-0.39, 0.29) is 0 Å². The molecule has 1 saturated carbocycles. The monoisotopic (exact) mass is 172 g/mol. The van der Waals surface area contributed by atoms with Crippen LogP contribution in [-0.2, 0) is 0 Å². The predicted octanol–water partition coefficient (Wildman–Crippen LogP) is 4.89. The molecule has 1 rings (SSSR count). The second kappa shape index (κ2) is 11.0. The topological polar surface area (TPSA) is 0 Å². The second-order valence-electron chi connectivity index (χ2n) is 4.88. The molecular weight excluding hydrogens is 144 g/mol. The summed E-state index contributed by atoms with van der Waals surface area (Å²) in [5, 5.41) is 0. The van der Waals surface area contributed by atoms with Gasteiger partial charge in [0.15, 0.2) is 0 Å². The molecule has 0 aromatic rings. The first kappa shape index (κ1) is 14.5. The highest BCUT2D eigenvalue weighted by Gasteiger charge is 1.95. The first-order valence-corrected chi connectivity index (χ1v) is 5.46. The minimum absolute atomic E-state index is 0.833. The third-order valence-corrected chi connectivity index (χ3v) is 1.000. The predicted molar refractivity (Wildman–Crippen MR) is 59.5 cm³/mol. The lowest BCUT2D eigenvalue weighted by Crippen LogP contribution is -1.85. The minimum Gasteiger partial charge on any atom is -0.0630 e. The zero-order valence-corrected chi connectivity index (χ0v) is 9.98. The van der Waals surface area contributed by atoms with E-state index in [1.807, 2.05) is 0 Å². The van der Waals surface area contributed by atoms with E-state index in [1.54, 1.807) is 0 Å². The highest BCUT2D eigenvalue weighted by Crippen LogP contribution is 2.15. The molecule has 12 heavy (non-hydrogen) atoms. The fourth-order valence-corrected chi connectivity index (χ4v) is 0.250. The molecule has 0 heterocycles. The molecule has 0 aromatic carbocycles. The van der Waals surface area contributed by atoms with Gasteiger partial charge in [0.1, 0.15) is 0 Å². The van der Waals surface area contributed by atoms with Crippen LogP contribution in [0.4, 0.5) is 0 Å². The summed E-state index contributed by atoms with van der Waals surface area (Å²) in [6.45, 7) is 13.0. The highest BCUT2D eigenvalue weighted by atomic mass is 14.0. The lowest BCUT2D eigenvalue weighted by atomic mass is 10.0. The molecule has 76 valence electrons. The first-order chi connectivity index (χ1) is 5.46. The van der Waals surface area contributed by atoms with Gasteiger partial charge in [-0.05, 0) is 11.8 Å². The average molecular weight is 172 g/mol. The van der Waals surface area contributed by atoms with Crippen molar-refractivity contribution in [2.45, 2.75) is 67.2 Å². The van der Waals surface area contributed by atoms with Crippen molar-refractivity contribution in [2.75, 3.05) is 0 Å². The molecule has 0 nitrogen and oxygen atoms in total. The van der Waals surface area contributed by atoms with E-state index in [1.165, 1.54) is 25.7 Å². The van der Waals surface area contributed by atoms with E-state index in [4.69, 9.17) is 0 Å². The van der Waals surface area contributed by atoms with Crippen molar-refractivity contribution in [2.24, 2.45) is 11.8 Å². The molecule has 0 radical (unpaired) electrons. The molecule has 1 aliphatic rings. The number of hydrogen-bond acceptors (Lipinski definition) is 0. The molecule has 0 unspecified atom stereocenters. The lowest BCUT2D eigenvalue weighted by molar-refractivity contribution is 0.504. The van der Waals surface area contributed by atoms with Gasteiger partial charge in [-0.1, -0.05) is 67.2 Å². The Hall–Kier alpha value is 0. The van der Waals surface area contributed by atoms with Crippen LogP contribution in [-0.4, -0.2) is 0 Å². The van der Waals surface area contributed by atoms with Gasteiger partial charge in [-0.3, -0.25) is 0 Å². The normalized spacial score (nSPS) is 14.0. The van der Waals surface area contributed by atoms with Gasteiger partial charge in [0.25, 0.3) is 0 Å². The van der Waals surface area contributed by atoms with Gasteiger partial charge in [0.05, 0.1) is 0 Å². The third-order valence-electron chi connectivity index (χ3n) is 1.000. The smallest absolute Gasteiger partial charge is 0.0500 e. The van der Waals surface area contributed by atoms with E-state index in [0.717, 1.165) is 11.8 Å². The molecule has 0 heteroatoms. The van der Waals surface area contributed by atoms with E-state index in [0.29, 0.717) is 0 Å². The van der Waals surface area contributed by atoms with Gasteiger partial charge >= 0.3 is 0 Å². The summed E-state index contributed by atoms with van der Waals surface area (Å²) in [6, 6.07) is 0. The Balaban J connectivity index is 0. The SMILES string of the molecule is C1CCC1.CC(C)C.CC(C)C. The summed E-state index contributed by atoms with van der Waals surface area (Å²) in [7, 11) is 0. The Morgan fingerprint density at radius 3 is 0.583 bits per heavy atom. The fourth-order valence-electron chi connectivity index (χ4n) is 0.250. The van der Waals surface area contributed by atoms with Crippen LogP contribution in [0.2, 0.25) is 0 Å². The molecule has 1 fully saturated rings. The zero-order valence-electron chi connectivity index (χ0n) is 9.98. The van der Waals surface area contributed by atoms with Crippen LogP contribution < -0.4 is 0 Å². The molecule has 0 bridgehead atoms. The average Bonchev–Trinajstić information content (AvgIpc) is 1.50. The van der Waals surface area contributed by atoms with Gasteiger partial charge in [0.2, 0.25) is 0 Å². The van der Waals surface area contributed by atoms with Crippen molar-refractivity contribution in [1.29, 1.82) is 0 Å². The maximum absolute atomic E-state index is 2.17. The van der Waals surface area contributed by atoms with Gasteiger partial charge in [-0.25, -0.2) is 0 Å². The van der Waals surface area contributed by atoms with Crippen molar-refractivity contribution in [3.63, 3.8) is 0 Å². The van der Waals surface area contributed by atoms with Crippen LogP contribution in [0.1, 0.15) is 67.2 Å². The van der Waals surface area contributed by atoms with Crippen molar-refractivity contribution >= 4 is 0 Å². The maximum Gasteiger partial charge on any atom is -0.0500 e. The summed E-state index contributed by atoms with van der Waals surface area (Å²) in [5.41, 5.74) is 0. The standard InChI is InChI=1S/C4H8.2C4H10/c1-2-4-3-1;2*1-4(2)3/h1-4H2;2*4H,1-3H3. The summed E-state index contributed by atoms with van der Waals surface area (Å²) in [6.07, 6.45) is 6.00. The quantitative estimate of drug-likeness (QED) is 0.488. The Morgan fingerprint density at radius 2 is 0.583 bits per heavy atom.